The highest BCUT2D eigenvalue weighted by Crippen LogP contribution is 2.30. The minimum absolute atomic E-state index is 0.143. The highest BCUT2D eigenvalue weighted by Gasteiger charge is 2.31. The Bertz CT molecular complexity index is 923. The number of carbonyl (C=O) groups is 2. The average Bonchev–Trinajstić information content (AvgIpc) is 2.60. The Balaban J connectivity index is 2.24. The van der Waals surface area contributed by atoms with Gasteiger partial charge in [0.1, 0.15) is 17.1 Å². The van der Waals surface area contributed by atoms with E-state index in [-0.39, 0.29) is 11.3 Å². The van der Waals surface area contributed by atoms with Crippen molar-refractivity contribution in [1.29, 1.82) is 0 Å². The Morgan fingerprint density at radius 2 is 1.69 bits per heavy atom. The van der Waals surface area contributed by atoms with Crippen LogP contribution in [0.3, 0.4) is 0 Å². The summed E-state index contributed by atoms with van der Waals surface area (Å²) in [7, 11) is 0. The molecule has 2 aromatic rings. The van der Waals surface area contributed by atoms with Crippen molar-refractivity contribution in [3.8, 4) is 0 Å². The summed E-state index contributed by atoms with van der Waals surface area (Å²) in [5.74, 6) is -2.05. The lowest BCUT2D eigenvalue weighted by atomic mass is 10.1. The van der Waals surface area contributed by atoms with E-state index in [1.807, 2.05) is 0 Å². The summed E-state index contributed by atoms with van der Waals surface area (Å²) >= 11 is 0. The molecule has 0 atom stereocenters. The Morgan fingerprint density at radius 3 is 2.28 bits per heavy atom. The van der Waals surface area contributed by atoms with Gasteiger partial charge in [0.15, 0.2) is 0 Å². The van der Waals surface area contributed by atoms with Crippen LogP contribution in [-0.4, -0.2) is 17.6 Å². The molecule has 29 heavy (non-hydrogen) atoms. The van der Waals surface area contributed by atoms with Crippen molar-refractivity contribution < 1.29 is 36.4 Å². The van der Waals surface area contributed by atoms with E-state index >= 15 is 0 Å². The van der Waals surface area contributed by atoms with Gasteiger partial charge in [0.25, 0.3) is 5.91 Å². The second-order valence-corrected chi connectivity index (χ2v) is 6.96. The van der Waals surface area contributed by atoms with Crippen LogP contribution in [-0.2, 0) is 10.9 Å². The first-order chi connectivity index (χ1) is 13.3. The molecule has 1 N–H and O–H groups in total. The molecule has 0 saturated carbocycles. The van der Waals surface area contributed by atoms with Crippen LogP contribution in [0.15, 0.2) is 42.5 Å². The van der Waals surface area contributed by atoms with Crippen LogP contribution in [0, 0.1) is 5.82 Å². The van der Waals surface area contributed by atoms with Crippen molar-refractivity contribution in [2.75, 3.05) is 10.4 Å². The maximum absolute atomic E-state index is 14.2. The lowest BCUT2D eigenvalue weighted by Gasteiger charge is -2.22. The summed E-state index contributed by atoms with van der Waals surface area (Å²) in [5.41, 5.74) is -3.34. The fraction of sp³-hybridized carbons (Fsp3) is 0.263. The first-order valence-corrected chi connectivity index (χ1v) is 8.25. The predicted octanol–water partition coefficient (Wildman–Crippen LogP) is 5.72. The number of amides is 2. The molecule has 0 aromatic heterocycles. The number of benzene rings is 2. The molecule has 2 aromatic carbocycles. The van der Waals surface area contributed by atoms with E-state index in [1.165, 1.54) is 20.8 Å². The van der Waals surface area contributed by atoms with Crippen LogP contribution < -0.4 is 10.4 Å². The van der Waals surface area contributed by atoms with Crippen molar-refractivity contribution in [3.63, 3.8) is 0 Å². The van der Waals surface area contributed by atoms with Gasteiger partial charge in [-0.2, -0.15) is 13.2 Å². The second-order valence-electron chi connectivity index (χ2n) is 6.96. The summed E-state index contributed by atoms with van der Waals surface area (Å²) in [6.45, 7) is 4.46. The molecule has 0 fully saturated rings. The lowest BCUT2D eigenvalue weighted by Crippen LogP contribution is -2.32. The standard InChI is InChI=1S/C19H17F5N2O3/c1-18(2,3)29-17(28)26(24)15-10-13(7-8-14(15)20)25-16(27)11-5-4-6-12(9-11)19(21,22)23/h4-10H,1-3H3,(H,25,27). The van der Waals surface area contributed by atoms with Gasteiger partial charge in [0, 0.05) is 11.3 Å². The van der Waals surface area contributed by atoms with E-state index in [1.54, 1.807) is 0 Å². The maximum atomic E-state index is 14.2. The normalized spacial score (nSPS) is 11.7. The minimum atomic E-state index is -4.64. The quantitative estimate of drug-likeness (QED) is 0.514. The summed E-state index contributed by atoms with van der Waals surface area (Å²) in [6.07, 6.45) is -6.11. The summed E-state index contributed by atoms with van der Waals surface area (Å²) in [5, 5.41) is 1.66. The van der Waals surface area contributed by atoms with E-state index in [4.69, 9.17) is 4.74 Å². The van der Waals surface area contributed by atoms with Crippen molar-refractivity contribution in [3.05, 3.63) is 59.4 Å². The number of nitrogens with one attached hydrogen (secondary N) is 1. The lowest BCUT2D eigenvalue weighted by molar-refractivity contribution is -0.137. The largest absolute Gasteiger partial charge is 0.443 e. The van der Waals surface area contributed by atoms with E-state index < -0.39 is 46.0 Å². The Hall–Kier alpha value is -3.17. The number of ether oxygens (including phenoxy) is 1. The average molecular weight is 416 g/mol. The van der Waals surface area contributed by atoms with E-state index in [0.29, 0.717) is 6.07 Å². The molecule has 0 unspecified atom stereocenters. The molecule has 0 bridgehead atoms. The van der Waals surface area contributed by atoms with Gasteiger partial charge in [-0.1, -0.05) is 10.5 Å². The van der Waals surface area contributed by atoms with Crippen LogP contribution in [0.5, 0.6) is 0 Å². The third kappa shape index (κ3) is 5.90. The molecule has 10 heteroatoms. The second kappa shape index (κ2) is 8.06. The van der Waals surface area contributed by atoms with E-state index in [2.05, 4.69) is 5.32 Å². The van der Waals surface area contributed by atoms with E-state index in [9.17, 15) is 31.6 Å². The zero-order valence-corrected chi connectivity index (χ0v) is 15.6. The molecule has 0 spiro atoms. The van der Waals surface area contributed by atoms with Crippen molar-refractivity contribution in [2.24, 2.45) is 0 Å². The third-order valence-electron chi connectivity index (χ3n) is 3.42. The SMILES string of the molecule is CC(C)(C)OC(=O)N(F)c1cc(NC(=O)c2cccc(C(F)(F)F)c2)ccc1F. The van der Waals surface area contributed by atoms with Gasteiger partial charge >= 0.3 is 12.3 Å². The Labute approximate surface area is 163 Å². The fourth-order valence-corrected chi connectivity index (χ4v) is 2.18. The molecule has 0 saturated heterocycles. The van der Waals surface area contributed by atoms with Gasteiger partial charge in [0.2, 0.25) is 0 Å². The number of rotatable bonds is 3. The minimum Gasteiger partial charge on any atom is -0.442 e. The molecular formula is C19H17F5N2O3. The summed E-state index contributed by atoms with van der Waals surface area (Å²) in [4.78, 5) is 24.0. The molecule has 2 amide bonds. The topological polar surface area (TPSA) is 58.6 Å². The van der Waals surface area contributed by atoms with E-state index in [0.717, 1.165) is 36.4 Å². The number of alkyl halides is 3. The van der Waals surface area contributed by atoms with Crippen LogP contribution in [0.2, 0.25) is 0 Å². The van der Waals surface area contributed by atoms with Crippen molar-refractivity contribution in [2.45, 2.75) is 32.5 Å². The highest BCUT2D eigenvalue weighted by atomic mass is 19.4. The van der Waals surface area contributed by atoms with Gasteiger partial charge in [-0.25, -0.2) is 9.18 Å². The molecule has 0 aliphatic carbocycles. The number of halogens is 5. The predicted molar refractivity (Wildman–Crippen MR) is 95.6 cm³/mol. The van der Waals surface area contributed by atoms with Gasteiger partial charge in [0.05, 0.1) is 5.56 Å². The molecule has 0 aliphatic rings. The van der Waals surface area contributed by atoms with Crippen LogP contribution in [0.1, 0.15) is 36.7 Å². The van der Waals surface area contributed by atoms with Gasteiger partial charge in [-0.05, 0) is 57.2 Å². The van der Waals surface area contributed by atoms with Crippen molar-refractivity contribution >= 4 is 23.4 Å². The van der Waals surface area contributed by atoms with Crippen LogP contribution >= 0.6 is 0 Å². The molecule has 5 nitrogen and oxygen atoms in total. The zero-order valence-electron chi connectivity index (χ0n) is 15.6. The maximum Gasteiger partial charge on any atom is 0.443 e. The van der Waals surface area contributed by atoms with Crippen molar-refractivity contribution in [1.82, 2.24) is 0 Å². The monoisotopic (exact) mass is 416 g/mol. The zero-order chi connectivity index (χ0) is 22.0. The smallest absolute Gasteiger partial charge is 0.442 e. The number of hydrogen-bond acceptors (Lipinski definition) is 3. The molecule has 2 rings (SSSR count). The number of carbonyl (C=O) groups excluding carboxylic acids is 2. The molecule has 0 radical (unpaired) electrons. The van der Waals surface area contributed by atoms with Crippen LogP contribution in [0.25, 0.3) is 0 Å². The molecule has 156 valence electrons. The first kappa shape index (κ1) is 22.1. The third-order valence-corrected chi connectivity index (χ3v) is 3.42. The number of anilines is 2. The fourth-order valence-electron chi connectivity index (χ4n) is 2.18. The Morgan fingerprint density at radius 1 is 1.03 bits per heavy atom. The first-order valence-electron chi connectivity index (χ1n) is 8.25. The molecule has 0 heterocycles. The molecule has 0 aliphatic heterocycles. The van der Waals surface area contributed by atoms with Gasteiger partial charge in [-0.3, -0.25) is 4.79 Å². The number of hydrogen-bond donors (Lipinski definition) is 1. The summed E-state index contributed by atoms with van der Waals surface area (Å²) in [6, 6.07) is 6.30. The molecular weight excluding hydrogens is 399 g/mol. The van der Waals surface area contributed by atoms with Crippen LogP contribution in [0.4, 0.5) is 38.2 Å². The Kier molecular flexibility index (Phi) is 6.15. The van der Waals surface area contributed by atoms with Gasteiger partial charge < -0.3 is 10.1 Å². The summed E-state index contributed by atoms with van der Waals surface area (Å²) < 4.78 is 71.3. The highest BCUT2D eigenvalue weighted by molar-refractivity contribution is 6.04. The van der Waals surface area contributed by atoms with Gasteiger partial charge in [-0.15, -0.1) is 5.12 Å². The number of nitrogens with zero attached hydrogens (tertiary/aromatic N) is 1.